The second kappa shape index (κ2) is 5.09. The normalized spacial score (nSPS) is 14.9. The quantitative estimate of drug-likeness (QED) is 0.607. The molecule has 0 unspecified atom stereocenters. The van der Waals surface area contributed by atoms with E-state index in [-0.39, 0.29) is 11.7 Å². The second-order valence-electron chi connectivity index (χ2n) is 4.79. The first-order valence-corrected chi connectivity index (χ1v) is 6.65. The fraction of sp³-hybridized carbons (Fsp3) is 0.500. The molecule has 0 bridgehead atoms. The van der Waals surface area contributed by atoms with Crippen LogP contribution in [-0.2, 0) is 6.42 Å². The van der Waals surface area contributed by atoms with Gasteiger partial charge in [-0.2, -0.15) is 0 Å². The van der Waals surface area contributed by atoms with Gasteiger partial charge in [-0.15, -0.1) is 11.6 Å². The Kier molecular flexibility index (Phi) is 3.72. The van der Waals surface area contributed by atoms with Gasteiger partial charge in [0, 0.05) is 23.8 Å². The number of halogens is 1. The van der Waals surface area contributed by atoms with Crippen molar-refractivity contribution < 1.29 is 4.79 Å². The molecule has 17 heavy (non-hydrogen) atoms. The Morgan fingerprint density at radius 1 is 1.47 bits per heavy atom. The van der Waals surface area contributed by atoms with E-state index in [0.717, 1.165) is 18.5 Å². The minimum Gasteiger partial charge on any atom is -0.369 e. The number of alkyl halides is 1. The first-order chi connectivity index (χ1) is 8.13. The third-order valence-electron chi connectivity index (χ3n) is 3.31. The van der Waals surface area contributed by atoms with Gasteiger partial charge in [0.05, 0.1) is 5.88 Å². The summed E-state index contributed by atoms with van der Waals surface area (Å²) in [5, 5.41) is 0. The van der Waals surface area contributed by atoms with Crippen LogP contribution in [0.2, 0.25) is 0 Å². The largest absolute Gasteiger partial charge is 0.369 e. The highest BCUT2D eigenvalue weighted by Gasteiger charge is 2.20. The Bertz CT molecular complexity index is 428. The molecule has 92 valence electrons. The standard InChI is InChI=1S/C14H18ClNO/c1-10(2)16-7-3-4-11-5-6-12(8-13(11)16)14(17)9-15/h5-6,8,10H,3-4,7,9H2,1-2H3. The van der Waals surface area contributed by atoms with Crippen molar-refractivity contribution in [2.75, 3.05) is 17.3 Å². The van der Waals surface area contributed by atoms with Crippen molar-refractivity contribution in [2.45, 2.75) is 32.7 Å². The molecule has 1 heterocycles. The number of hydrogen-bond donors (Lipinski definition) is 0. The van der Waals surface area contributed by atoms with Crippen LogP contribution in [0.3, 0.4) is 0 Å². The van der Waals surface area contributed by atoms with E-state index >= 15 is 0 Å². The topological polar surface area (TPSA) is 20.3 Å². The van der Waals surface area contributed by atoms with E-state index in [1.54, 1.807) is 0 Å². The summed E-state index contributed by atoms with van der Waals surface area (Å²) in [6, 6.07) is 6.44. The molecule has 1 aromatic rings. The van der Waals surface area contributed by atoms with Gasteiger partial charge >= 0.3 is 0 Å². The molecule has 0 aliphatic carbocycles. The lowest BCUT2D eigenvalue weighted by Crippen LogP contribution is -2.35. The fourth-order valence-corrected chi connectivity index (χ4v) is 2.54. The van der Waals surface area contributed by atoms with E-state index in [0.29, 0.717) is 6.04 Å². The van der Waals surface area contributed by atoms with Gasteiger partial charge in [-0.25, -0.2) is 0 Å². The Morgan fingerprint density at radius 3 is 2.88 bits per heavy atom. The molecule has 2 nitrogen and oxygen atoms in total. The molecule has 0 aromatic heterocycles. The zero-order chi connectivity index (χ0) is 12.4. The number of rotatable bonds is 3. The second-order valence-corrected chi connectivity index (χ2v) is 5.06. The molecule has 0 amide bonds. The Balaban J connectivity index is 2.40. The van der Waals surface area contributed by atoms with Gasteiger partial charge in [-0.3, -0.25) is 4.79 Å². The maximum Gasteiger partial charge on any atom is 0.177 e. The van der Waals surface area contributed by atoms with Gasteiger partial charge in [0.1, 0.15) is 0 Å². The van der Waals surface area contributed by atoms with Gasteiger partial charge in [-0.1, -0.05) is 12.1 Å². The summed E-state index contributed by atoms with van der Waals surface area (Å²) in [5.74, 6) is 0.0595. The van der Waals surface area contributed by atoms with Crippen molar-refractivity contribution in [3.8, 4) is 0 Å². The Hall–Kier alpha value is -1.02. The van der Waals surface area contributed by atoms with Crippen LogP contribution >= 0.6 is 11.6 Å². The molecule has 1 aromatic carbocycles. The van der Waals surface area contributed by atoms with Gasteiger partial charge in [0.25, 0.3) is 0 Å². The number of carbonyl (C=O) groups is 1. The summed E-state index contributed by atoms with van der Waals surface area (Å²) in [6.45, 7) is 5.44. The van der Waals surface area contributed by atoms with Gasteiger partial charge in [0.2, 0.25) is 0 Å². The molecule has 0 N–H and O–H groups in total. The van der Waals surface area contributed by atoms with Gasteiger partial charge < -0.3 is 4.90 Å². The first kappa shape index (κ1) is 12.4. The Labute approximate surface area is 108 Å². The number of aryl methyl sites for hydroxylation is 1. The summed E-state index contributed by atoms with van der Waals surface area (Å²) in [5.41, 5.74) is 3.28. The predicted molar refractivity (Wildman–Crippen MR) is 72.3 cm³/mol. The van der Waals surface area contributed by atoms with Crippen LogP contribution in [0.4, 0.5) is 5.69 Å². The third kappa shape index (κ3) is 2.47. The van der Waals surface area contributed by atoms with Crippen molar-refractivity contribution in [3.63, 3.8) is 0 Å². The summed E-state index contributed by atoms with van der Waals surface area (Å²) < 4.78 is 0. The maximum absolute atomic E-state index is 11.6. The molecule has 2 rings (SSSR count). The predicted octanol–water partition coefficient (Wildman–Crippen LogP) is 3.27. The van der Waals surface area contributed by atoms with Crippen LogP contribution in [0.25, 0.3) is 0 Å². The minimum absolute atomic E-state index is 0.00347. The fourth-order valence-electron chi connectivity index (χ4n) is 2.39. The van der Waals surface area contributed by atoms with Gasteiger partial charge in [-0.05, 0) is 38.3 Å². The molecule has 0 atom stereocenters. The summed E-state index contributed by atoms with van der Waals surface area (Å²) in [7, 11) is 0. The summed E-state index contributed by atoms with van der Waals surface area (Å²) in [4.78, 5) is 14.0. The minimum atomic E-state index is 0.00347. The lowest BCUT2D eigenvalue weighted by Gasteiger charge is -2.35. The highest BCUT2D eigenvalue weighted by atomic mass is 35.5. The molecular weight excluding hydrogens is 234 g/mol. The summed E-state index contributed by atoms with van der Waals surface area (Å²) in [6.07, 6.45) is 2.29. The smallest absolute Gasteiger partial charge is 0.177 e. The number of hydrogen-bond acceptors (Lipinski definition) is 2. The van der Waals surface area contributed by atoms with E-state index in [1.165, 1.54) is 17.7 Å². The van der Waals surface area contributed by atoms with Crippen LogP contribution in [0, 0.1) is 0 Å². The average molecular weight is 252 g/mol. The first-order valence-electron chi connectivity index (χ1n) is 6.12. The summed E-state index contributed by atoms with van der Waals surface area (Å²) >= 11 is 5.61. The third-order valence-corrected chi connectivity index (χ3v) is 3.55. The van der Waals surface area contributed by atoms with Crippen molar-refractivity contribution in [3.05, 3.63) is 29.3 Å². The highest BCUT2D eigenvalue weighted by molar-refractivity contribution is 6.30. The van der Waals surface area contributed by atoms with E-state index < -0.39 is 0 Å². The molecule has 0 fully saturated rings. The maximum atomic E-state index is 11.6. The van der Waals surface area contributed by atoms with Crippen LogP contribution < -0.4 is 4.90 Å². The van der Waals surface area contributed by atoms with E-state index in [9.17, 15) is 4.79 Å². The SMILES string of the molecule is CC(C)N1CCCc2ccc(C(=O)CCl)cc21. The lowest BCUT2D eigenvalue weighted by atomic mass is 9.97. The molecule has 0 saturated heterocycles. The number of benzene rings is 1. The van der Waals surface area contributed by atoms with Crippen molar-refractivity contribution in [1.82, 2.24) is 0 Å². The zero-order valence-corrected chi connectivity index (χ0v) is 11.1. The van der Waals surface area contributed by atoms with Crippen molar-refractivity contribution >= 4 is 23.1 Å². The molecule has 1 aliphatic heterocycles. The van der Waals surface area contributed by atoms with Crippen LogP contribution in [0.1, 0.15) is 36.2 Å². The number of nitrogens with zero attached hydrogens (tertiary/aromatic N) is 1. The number of carbonyl (C=O) groups excluding carboxylic acids is 1. The lowest BCUT2D eigenvalue weighted by molar-refractivity contribution is 0.102. The van der Waals surface area contributed by atoms with Crippen molar-refractivity contribution in [2.24, 2.45) is 0 Å². The number of Topliss-reactive ketones (excluding diaryl/α,β-unsaturated/α-hetero) is 1. The van der Waals surface area contributed by atoms with Crippen LogP contribution in [0.5, 0.6) is 0 Å². The number of ketones is 1. The van der Waals surface area contributed by atoms with Crippen molar-refractivity contribution in [1.29, 1.82) is 0 Å². The molecular formula is C14H18ClNO. The molecule has 3 heteroatoms. The van der Waals surface area contributed by atoms with Crippen LogP contribution in [-0.4, -0.2) is 24.2 Å². The van der Waals surface area contributed by atoms with E-state index in [2.05, 4.69) is 24.8 Å². The van der Waals surface area contributed by atoms with E-state index in [4.69, 9.17) is 11.6 Å². The number of anilines is 1. The molecule has 0 spiro atoms. The van der Waals surface area contributed by atoms with E-state index in [1.807, 2.05) is 12.1 Å². The molecule has 0 radical (unpaired) electrons. The van der Waals surface area contributed by atoms with Crippen LogP contribution in [0.15, 0.2) is 18.2 Å². The number of fused-ring (bicyclic) bond motifs is 1. The Morgan fingerprint density at radius 2 is 2.24 bits per heavy atom. The zero-order valence-electron chi connectivity index (χ0n) is 10.4. The van der Waals surface area contributed by atoms with Gasteiger partial charge in [0.15, 0.2) is 5.78 Å². The molecule has 1 aliphatic rings. The monoisotopic (exact) mass is 251 g/mol. The average Bonchev–Trinajstić information content (AvgIpc) is 2.36. The highest BCUT2D eigenvalue weighted by Crippen LogP contribution is 2.29. The molecule has 0 saturated carbocycles.